The fourth-order valence-electron chi connectivity index (χ4n) is 1.19. The molecule has 1 rings (SSSR count). The average molecular weight is 223 g/mol. The number of nitriles is 1. The quantitative estimate of drug-likeness (QED) is 0.781. The maximum atomic E-state index is 11.6. The summed E-state index contributed by atoms with van der Waals surface area (Å²) in [5, 5.41) is 11.5. The Labute approximate surface area is 93.2 Å². The molecule has 0 radical (unpaired) electrons. The van der Waals surface area contributed by atoms with Gasteiger partial charge in [0.15, 0.2) is 0 Å². The highest BCUT2D eigenvalue weighted by Gasteiger charge is 2.17. The highest BCUT2D eigenvalue weighted by atomic mass is 32.1. The van der Waals surface area contributed by atoms with Crippen LogP contribution >= 0.6 is 11.3 Å². The normalized spacial score (nSPS) is 11.9. The van der Waals surface area contributed by atoms with E-state index in [2.05, 4.69) is 4.98 Å². The van der Waals surface area contributed by atoms with Crippen molar-refractivity contribution in [1.29, 1.82) is 5.26 Å². The summed E-state index contributed by atoms with van der Waals surface area (Å²) in [6.07, 6.45) is 0. The first kappa shape index (κ1) is 11.7. The van der Waals surface area contributed by atoms with Gasteiger partial charge in [0.2, 0.25) is 5.91 Å². The second-order valence-electron chi connectivity index (χ2n) is 3.40. The Balaban J connectivity index is 2.60. The molecule has 0 fully saturated rings. The molecule has 0 aliphatic carbocycles. The number of thiazole rings is 1. The monoisotopic (exact) mass is 223 g/mol. The lowest BCUT2D eigenvalue weighted by molar-refractivity contribution is -0.132. The van der Waals surface area contributed by atoms with Gasteiger partial charge in [0.1, 0.15) is 5.92 Å². The summed E-state index contributed by atoms with van der Waals surface area (Å²) in [4.78, 5) is 17.4. The molecule has 0 saturated carbocycles. The van der Waals surface area contributed by atoms with E-state index in [1.165, 1.54) is 4.90 Å². The Bertz CT molecular complexity index is 394. The Morgan fingerprint density at radius 3 is 2.93 bits per heavy atom. The Hall–Kier alpha value is -1.41. The second kappa shape index (κ2) is 4.89. The molecule has 1 unspecified atom stereocenters. The van der Waals surface area contributed by atoms with E-state index >= 15 is 0 Å². The Morgan fingerprint density at radius 1 is 1.80 bits per heavy atom. The minimum absolute atomic E-state index is 0.164. The third-order valence-electron chi connectivity index (χ3n) is 2.01. The van der Waals surface area contributed by atoms with Gasteiger partial charge in [-0.25, -0.2) is 4.98 Å². The minimum atomic E-state index is -0.588. The summed E-state index contributed by atoms with van der Waals surface area (Å²) in [7, 11) is 1.69. The first-order valence-electron chi connectivity index (χ1n) is 4.60. The fraction of sp³-hybridized carbons (Fsp3) is 0.500. The van der Waals surface area contributed by atoms with Crippen molar-refractivity contribution < 1.29 is 4.79 Å². The maximum Gasteiger partial charge on any atom is 0.239 e. The predicted octanol–water partition coefficient (Wildman–Crippen LogP) is 1.57. The van der Waals surface area contributed by atoms with E-state index in [9.17, 15) is 4.79 Å². The number of hydrogen-bond acceptors (Lipinski definition) is 4. The summed E-state index contributed by atoms with van der Waals surface area (Å²) in [5.41, 5.74) is 0.874. The van der Waals surface area contributed by atoms with Crippen LogP contribution in [0.4, 0.5) is 0 Å². The molecule has 1 amide bonds. The van der Waals surface area contributed by atoms with Gasteiger partial charge in [0.05, 0.1) is 23.3 Å². The molecule has 1 heterocycles. The number of rotatable bonds is 3. The lowest BCUT2D eigenvalue weighted by atomic mass is 10.2. The molecule has 0 aromatic carbocycles. The van der Waals surface area contributed by atoms with Gasteiger partial charge in [-0.1, -0.05) is 0 Å². The SMILES string of the molecule is Cc1nc(CN(C)C(=O)C(C)C#N)cs1. The predicted molar refractivity (Wildman–Crippen MR) is 58.1 cm³/mol. The van der Waals surface area contributed by atoms with Crippen LogP contribution in [-0.2, 0) is 11.3 Å². The number of nitrogens with zero attached hydrogens (tertiary/aromatic N) is 3. The zero-order chi connectivity index (χ0) is 11.4. The molecule has 80 valence electrons. The van der Waals surface area contributed by atoms with Crippen molar-refractivity contribution in [2.24, 2.45) is 5.92 Å². The number of amides is 1. The molecular formula is C10H13N3OS. The number of aromatic nitrogens is 1. The number of carbonyl (C=O) groups is 1. The number of aryl methyl sites for hydroxylation is 1. The molecular weight excluding hydrogens is 210 g/mol. The van der Waals surface area contributed by atoms with Gasteiger partial charge in [0.25, 0.3) is 0 Å². The molecule has 4 nitrogen and oxygen atoms in total. The Morgan fingerprint density at radius 2 is 2.47 bits per heavy atom. The maximum absolute atomic E-state index is 11.6. The molecule has 0 saturated heterocycles. The highest BCUT2D eigenvalue weighted by molar-refractivity contribution is 7.09. The van der Waals surface area contributed by atoms with E-state index < -0.39 is 5.92 Å². The zero-order valence-electron chi connectivity index (χ0n) is 9.02. The molecule has 0 aliphatic heterocycles. The van der Waals surface area contributed by atoms with Crippen LogP contribution in [0.15, 0.2) is 5.38 Å². The molecule has 0 N–H and O–H groups in total. The van der Waals surface area contributed by atoms with Crippen molar-refractivity contribution in [3.05, 3.63) is 16.1 Å². The van der Waals surface area contributed by atoms with Crippen molar-refractivity contribution in [3.8, 4) is 6.07 Å². The van der Waals surface area contributed by atoms with Gasteiger partial charge in [0, 0.05) is 12.4 Å². The average Bonchev–Trinajstić information content (AvgIpc) is 2.61. The fourth-order valence-corrected chi connectivity index (χ4v) is 1.79. The van der Waals surface area contributed by atoms with E-state index in [-0.39, 0.29) is 5.91 Å². The lowest BCUT2D eigenvalue weighted by Crippen LogP contribution is -2.30. The van der Waals surface area contributed by atoms with Gasteiger partial charge < -0.3 is 4.90 Å². The van der Waals surface area contributed by atoms with Crippen LogP contribution < -0.4 is 0 Å². The summed E-state index contributed by atoms with van der Waals surface area (Å²) in [6, 6.07) is 1.93. The second-order valence-corrected chi connectivity index (χ2v) is 4.47. The van der Waals surface area contributed by atoms with Gasteiger partial charge >= 0.3 is 0 Å². The van der Waals surface area contributed by atoms with Crippen molar-refractivity contribution in [2.45, 2.75) is 20.4 Å². The Kier molecular flexibility index (Phi) is 3.81. The summed E-state index contributed by atoms with van der Waals surface area (Å²) >= 11 is 1.56. The zero-order valence-corrected chi connectivity index (χ0v) is 9.84. The van der Waals surface area contributed by atoms with E-state index in [4.69, 9.17) is 5.26 Å². The summed E-state index contributed by atoms with van der Waals surface area (Å²) < 4.78 is 0. The summed E-state index contributed by atoms with van der Waals surface area (Å²) in [5.74, 6) is -0.752. The molecule has 1 aromatic heterocycles. The number of carbonyl (C=O) groups excluding carboxylic acids is 1. The summed E-state index contributed by atoms with van der Waals surface area (Å²) in [6.45, 7) is 3.99. The van der Waals surface area contributed by atoms with Crippen molar-refractivity contribution in [2.75, 3.05) is 7.05 Å². The first-order valence-corrected chi connectivity index (χ1v) is 5.48. The van der Waals surface area contributed by atoms with Crippen LogP contribution in [0.5, 0.6) is 0 Å². The smallest absolute Gasteiger partial charge is 0.239 e. The molecule has 15 heavy (non-hydrogen) atoms. The van der Waals surface area contributed by atoms with Crippen LogP contribution in [0, 0.1) is 24.2 Å². The highest BCUT2D eigenvalue weighted by Crippen LogP contribution is 2.11. The largest absolute Gasteiger partial charge is 0.339 e. The van der Waals surface area contributed by atoms with E-state index in [0.717, 1.165) is 10.7 Å². The third kappa shape index (κ3) is 3.03. The molecule has 1 aromatic rings. The van der Waals surface area contributed by atoms with Crippen LogP contribution in [0.1, 0.15) is 17.6 Å². The number of hydrogen-bond donors (Lipinski definition) is 0. The van der Waals surface area contributed by atoms with Crippen LogP contribution in [0.3, 0.4) is 0 Å². The molecule has 0 bridgehead atoms. The standard InChI is InChI=1S/C10H13N3OS/c1-7(4-11)10(14)13(3)5-9-6-15-8(2)12-9/h6-7H,5H2,1-3H3. The molecule has 1 atom stereocenters. The van der Waals surface area contributed by atoms with Crippen LogP contribution in [-0.4, -0.2) is 22.8 Å². The van der Waals surface area contributed by atoms with Gasteiger partial charge in [-0.05, 0) is 13.8 Å². The molecule has 0 spiro atoms. The van der Waals surface area contributed by atoms with E-state index in [1.54, 1.807) is 25.3 Å². The van der Waals surface area contributed by atoms with Crippen molar-refractivity contribution >= 4 is 17.2 Å². The topological polar surface area (TPSA) is 57.0 Å². The van der Waals surface area contributed by atoms with Crippen LogP contribution in [0.25, 0.3) is 0 Å². The molecule has 5 heteroatoms. The third-order valence-corrected chi connectivity index (χ3v) is 2.83. The van der Waals surface area contributed by atoms with Gasteiger partial charge in [-0.3, -0.25) is 4.79 Å². The minimum Gasteiger partial charge on any atom is -0.339 e. The molecule has 0 aliphatic rings. The van der Waals surface area contributed by atoms with E-state index in [0.29, 0.717) is 6.54 Å². The van der Waals surface area contributed by atoms with Crippen molar-refractivity contribution in [3.63, 3.8) is 0 Å². The van der Waals surface area contributed by atoms with Gasteiger partial charge in [-0.15, -0.1) is 11.3 Å². The van der Waals surface area contributed by atoms with Crippen molar-refractivity contribution in [1.82, 2.24) is 9.88 Å². The van der Waals surface area contributed by atoms with Gasteiger partial charge in [-0.2, -0.15) is 5.26 Å². The lowest BCUT2D eigenvalue weighted by Gasteiger charge is -2.16. The van der Waals surface area contributed by atoms with Crippen LogP contribution in [0.2, 0.25) is 0 Å². The van der Waals surface area contributed by atoms with E-state index in [1.807, 2.05) is 18.4 Å². The first-order chi connectivity index (χ1) is 7.04.